The third-order valence-electron chi connectivity index (χ3n) is 6.01. The van der Waals surface area contributed by atoms with Crippen LogP contribution < -0.4 is 4.74 Å². The summed E-state index contributed by atoms with van der Waals surface area (Å²) in [5, 5.41) is 0. The first-order valence-electron chi connectivity index (χ1n) is 10.9. The molecule has 0 saturated heterocycles. The molecular weight excluding hydrogens is 390 g/mol. The molecule has 1 saturated carbocycles. The highest BCUT2D eigenvalue weighted by molar-refractivity contribution is 5.76. The molecule has 0 unspecified atom stereocenters. The van der Waals surface area contributed by atoms with Crippen LogP contribution in [-0.4, -0.2) is 17.6 Å². The highest BCUT2D eigenvalue weighted by Crippen LogP contribution is 2.38. The predicted octanol–water partition coefficient (Wildman–Crippen LogP) is 5.90. The Morgan fingerprint density at radius 1 is 1.06 bits per heavy atom. The fourth-order valence-electron chi connectivity index (χ4n) is 3.99. The Balaban J connectivity index is 1.25. The zero-order valence-electron chi connectivity index (χ0n) is 18.2. The summed E-state index contributed by atoms with van der Waals surface area (Å²) in [6.07, 6.45) is 4.74. The van der Waals surface area contributed by atoms with E-state index in [4.69, 9.17) is 13.9 Å². The molecule has 3 aromatic rings. The Morgan fingerprint density at radius 3 is 2.48 bits per heavy atom. The molecule has 162 valence electrons. The van der Waals surface area contributed by atoms with E-state index < -0.39 is 0 Å². The van der Waals surface area contributed by atoms with Crippen LogP contribution in [-0.2, 0) is 22.6 Å². The first-order chi connectivity index (χ1) is 15.0. The molecule has 4 rings (SSSR count). The largest absolute Gasteiger partial charge is 0.493 e. The molecule has 2 aromatic carbocycles. The van der Waals surface area contributed by atoms with Gasteiger partial charge in [-0.1, -0.05) is 43.2 Å². The minimum absolute atomic E-state index is 0.0804. The fourth-order valence-corrected chi connectivity index (χ4v) is 3.99. The molecule has 5 nitrogen and oxygen atoms in total. The Hall–Kier alpha value is -3.08. The molecule has 0 bridgehead atoms. The SMILES string of the molecule is Cc1oc(-c2ccccc2)nc1CCOc1ccc(COC(=O)C2(C)CCCC2)cc1. The van der Waals surface area contributed by atoms with Gasteiger partial charge >= 0.3 is 5.97 Å². The molecule has 0 spiro atoms. The van der Waals surface area contributed by atoms with E-state index in [9.17, 15) is 4.79 Å². The van der Waals surface area contributed by atoms with Crippen LogP contribution in [0.2, 0.25) is 0 Å². The van der Waals surface area contributed by atoms with Crippen LogP contribution in [0, 0.1) is 12.3 Å². The van der Waals surface area contributed by atoms with Crippen molar-refractivity contribution in [3.63, 3.8) is 0 Å². The predicted molar refractivity (Wildman–Crippen MR) is 119 cm³/mol. The number of carbonyl (C=O) groups excluding carboxylic acids is 1. The van der Waals surface area contributed by atoms with Crippen LogP contribution in [0.3, 0.4) is 0 Å². The van der Waals surface area contributed by atoms with Gasteiger partial charge in [0.1, 0.15) is 18.1 Å². The third-order valence-corrected chi connectivity index (χ3v) is 6.01. The van der Waals surface area contributed by atoms with Crippen molar-refractivity contribution in [3.05, 3.63) is 71.6 Å². The molecule has 31 heavy (non-hydrogen) atoms. The Bertz CT molecular complexity index is 1000. The second kappa shape index (κ2) is 9.38. The van der Waals surface area contributed by atoms with E-state index in [2.05, 4.69) is 4.98 Å². The standard InChI is InChI=1S/C26H29NO4/c1-19-23(27-24(31-19)21-8-4-3-5-9-21)14-17-29-22-12-10-20(11-13-22)18-30-25(28)26(2)15-6-7-16-26/h3-5,8-13H,6-7,14-18H2,1-2H3. The number of hydrogen-bond donors (Lipinski definition) is 0. The van der Waals surface area contributed by atoms with Gasteiger partial charge in [0.15, 0.2) is 0 Å². The van der Waals surface area contributed by atoms with Crippen molar-refractivity contribution in [2.45, 2.75) is 52.6 Å². The zero-order chi connectivity index (χ0) is 21.7. The van der Waals surface area contributed by atoms with Crippen molar-refractivity contribution in [2.24, 2.45) is 5.41 Å². The number of carbonyl (C=O) groups is 1. The number of oxazole rings is 1. The van der Waals surface area contributed by atoms with Gasteiger partial charge in [0.05, 0.1) is 17.7 Å². The van der Waals surface area contributed by atoms with Gasteiger partial charge in [-0.25, -0.2) is 4.98 Å². The van der Waals surface area contributed by atoms with Crippen molar-refractivity contribution < 1.29 is 18.7 Å². The van der Waals surface area contributed by atoms with Crippen molar-refractivity contribution in [2.75, 3.05) is 6.61 Å². The number of ether oxygens (including phenoxy) is 2. The van der Waals surface area contributed by atoms with Crippen LogP contribution in [0.15, 0.2) is 59.0 Å². The number of esters is 1. The van der Waals surface area contributed by atoms with Crippen LogP contribution in [0.5, 0.6) is 5.75 Å². The Labute approximate surface area is 183 Å². The molecule has 5 heteroatoms. The molecule has 1 aliphatic carbocycles. The molecule has 0 amide bonds. The molecule has 0 N–H and O–H groups in total. The van der Waals surface area contributed by atoms with Crippen LogP contribution in [0.25, 0.3) is 11.5 Å². The number of rotatable bonds is 8. The number of benzene rings is 2. The summed E-state index contributed by atoms with van der Waals surface area (Å²) in [6, 6.07) is 17.6. The summed E-state index contributed by atoms with van der Waals surface area (Å²) in [4.78, 5) is 17.0. The van der Waals surface area contributed by atoms with Gasteiger partial charge in [-0.2, -0.15) is 0 Å². The van der Waals surface area contributed by atoms with E-state index in [0.717, 1.165) is 54.0 Å². The van der Waals surface area contributed by atoms with Crippen LogP contribution >= 0.6 is 0 Å². The van der Waals surface area contributed by atoms with Gasteiger partial charge in [-0.3, -0.25) is 4.79 Å². The van der Waals surface area contributed by atoms with E-state index in [-0.39, 0.29) is 11.4 Å². The molecule has 1 aromatic heterocycles. The summed E-state index contributed by atoms with van der Waals surface area (Å²) < 4.78 is 17.2. The minimum atomic E-state index is -0.303. The van der Waals surface area contributed by atoms with E-state index in [1.807, 2.05) is 68.4 Å². The van der Waals surface area contributed by atoms with Crippen molar-refractivity contribution in [1.82, 2.24) is 4.98 Å². The highest BCUT2D eigenvalue weighted by Gasteiger charge is 2.37. The monoisotopic (exact) mass is 419 g/mol. The van der Waals surface area contributed by atoms with Gasteiger partial charge in [-0.05, 0) is 56.5 Å². The van der Waals surface area contributed by atoms with E-state index in [1.165, 1.54) is 0 Å². The van der Waals surface area contributed by atoms with Gasteiger partial charge in [-0.15, -0.1) is 0 Å². The van der Waals surface area contributed by atoms with Crippen molar-refractivity contribution >= 4 is 5.97 Å². The molecule has 0 radical (unpaired) electrons. The molecule has 1 aliphatic rings. The lowest BCUT2D eigenvalue weighted by molar-refractivity contribution is -0.156. The summed E-state index contributed by atoms with van der Waals surface area (Å²) in [5.74, 6) is 2.15. The number of aromatic nitrogens is 1. The molecule has 1 heterocycles. The average molecular weight is 420 g/mol. The van der Waals surface area contributed by atoms with Gasteiger partial charge in [0, 0.05) is 12.0 Å². The zero-order valence-corrected chi connectivity index (χ0v) is 18.2. The summed E-state index contributed by atoms with van der Waals surface area (Å²) in [5.41, 5.74) is 2.53. The maximum absolute atomic E-state index is 12.3. The summed E-state index contributed by atoms with van der Waals surface area (Å²) in [6.45, 7) is 4.75. The summed E-state index contributed by atoms with van der Waals surface area (Å²) in [7, 11) is 0. The lowest BCUT2D eigenvalue weighted by atomic mass is 9.89. The highest BCUT2D eigenvalue weighted by atomic mass is 16.5. The molecule has 0 aliphatic heterocycles. The van der Waals surface area contributed by atoms with Crippen molar-refractivity contribution in [1.29, 1.82) is 0 Å². The molecule has 1 fully saturated rings. The van der Waals surface area contributed by atoms with E-state index in [0.29, 0.717) is 25.5 Å². The maximum Gasteiger partial charge on any atom is 0.312 e. The van der Waals surface area contributed by atoms with Crippen LogP contribution in [0.1, 0.15) is 49.6 Å². The quantitative estimate of drug-likeness (QED) is 0.426. The normalized spacial score (nSPS) is 15.0. The lowest BCUT2D eigenvalue weighted by Gasteiger charge is -2.21. The molecule has 0 atom stereocenters. The average Bonchev–Trinajstić information content (AvgIpc) is 3.40. The van der Waals surface area contributed by atoms with E-state index in [1.54, 1.807) is 0 Å². The second-order valence-corrected chi connectivity index (χ2v) is 8.47. The second-order valence-electron chi connectivity index (χ2n) is 8.47. The van der Waals surface area contributed by atoms with Crippen molar-refractivity contribution in [3.8, 4) is 17.2 Å². The maximum atomic E-state index is 12.3. The number of aryl methyl sites for hydroxylation is 1. The minimum Gasteiger partial charge on any atom is -0.493 e. The third kappa shape index (κ3) is 5.16. The van der Waals surface area contributed by atoms with Crippen LogP contribution in [0.4, 0.5) is 0 Å². The Kier molecular flexibility index (Phi) is 6.40. The Morgan fingerprint density at radius 2 is 1.77 bits per heavy atom. The van der Waals surface area contributed by atoms with Gasteiger partial charge in [0.25, 0.3) is 0 Å². The first-order valence-corrected chi connectivity index (χ1v) is 10.9. The molecular formula is C26H29NO4. The number of hydrogen-bond acceptors (Lipinski definition) is 5. The van der Waals surface area contributed by atoms with E-state index >= 15 is 0 Å². The lowest BCUT2D eigenvalue weighted by Crippen LogP contribution is -2.26. The number of nitrogens with zero attached hydrogens (tertiary/aromatic N) is 1. The smallest absolute Gasteiger partial charge is 0.312 e. The first kappa shape index (κ1) is 21.2. The fraction of sp³-hybridized carbons (Fsp3) is 0.385. The van der Waals surface area contributed by atoms with Gasteiger partial charge < -0.3 is 13.9 Å². The summed E-state index contributed by atoms with van der Waals surface area (Å²) >= 11 is 0. The van der Waals surface area contributed by atoms with Gasteiger partial charge in [0.2, 0.25) is 5.89 Å². The topological polar surface area (TPSA) is 61.6 Å².